The molecule has 1 unspecified atom stereocenters. The first-order valence-corrected chi connectivity index (χ1v) is 5.32. The fourth-order valence-corrected chi connectivity index (χ4v) is 1.76. The summed E-state index contributed by atoms with van der Waals surface area (Å²) >= 11 is 0. The highest BCUT2D eigenvalue weighted by Gasteiger charge is 2.45. The van der Waals surface area contributed by atoms with E-state index in [0.29, 0.717) is 0 Å². The molecule has 0 bridgehead atoms. The number of phosphoric ester groups is 1. The maximum absolute atomic E-state index is 10.5. The van der Waals surface area contributed by atoms with E-state index in [1.807, 2.05) is 0 Å². The Morgan fingerprint density at radius 3 is 2.43 bits per heavy atom. The molecule has 0 spiro atoms. The zero-order valence-electron chi connectivity index (χ0n) is 7.05. The van der Waals surface area contributed by atoms with Gasteiger partial charge in [0.05, 0.1) is 6.61 Å². The van der Waals surface area contributed by atoms with Crippen LogP contribution in [-0.2, 0) is 13.8 Å². The Bertz CT molecular complexity index is 242. The van der Waals surface area contributed by atoms with Crippen molar-refractivity contribution in [2.45, 2.75) is 24.5 Å². The third-order valence-electron chi connectivity index (χ3n) is 1.81. The van der Waals surface area contributed by atoms with Gasteiger partial charge in [0.1, 0.15) is 24.5 Å². The van der Waals surface area contributed by atoms with Crippen LogP contribution in [0.1, 0.15) is 0 Å². The van der Waals surface area contributed by atoms with E-state index in [1.54, 1.807) is 0 Å². The van der Waals surface area contributed by atoms with Crippen molar-refractivity contribution in [2.24, 2.45) is 5.73 Å². The van der Waals surface area contributed by atoms with Crippen molar-refractivity contribution in [2.75, 3.05) is 6.61 Å². The maximum atomic E-state index is 10.5. The molecule has 0 amide bonds. The monoisotopic (exact) mass is 229 g/mol. The van der Waals surface area contributed by atoms with Crippen molar-refractivity contribution in [1.29, 1.82) is 0 Å². The van der Waals surface area contributed by atoms with Crippen LogP contribution in [0.5, 0.6) is 0 Å². The zero-order chi connectivity index (χ0) is 10.9. The van der Waals surface area contributed by atoms with Gasteiger partial charge in [0, 0.05) is 0 Å². The van der Waals surface area contributed by atoms with Crippen molar-refractivity contribution < 1.29 is 33.8 Å². The van der Waals surface area contributed by atoms with E-state index in [0.717, 1.165) is 0 Å². The van der Waals surface area contributed by atoms with Gasteiger partial charge in [-0.3, -0.25) is 4.52 Å². The standard InChI is InChI=1S/C5H12NO7P/c6-5-4(13-14(9,10)11)3(8)2(1-7)12-5/h2-5,7-8H,1,6H2,(H2,9,10,11)/t2-,3-,4-,5?/m1/s1. The van der Waals surface area contributed by atoms with E-state index in [-0.39, 0.29) is 0 Å². The lowest BCUT2D eigenvalue weighted by Crippen LogP contribution is -2.39. The van der Waals surface area contributed by atoms with Gasteiger partial charge in [-0.1, -0.05) is 0 Å². The molecule has 9 heteroatoms. The molecular weight excluding hydrogens is 217 g/mol. The van der Waals surface area contributed by atoms with E-state index < -0.39 is 39.0 Å². The maximum Gasteiger partial charge on any atom is 0.470 e. The number of ether oxygens (including phenoxy) is 1. The average molecular weight is 229 g/mol. The topological polar surface area (TPSA) is 142 Å². The van der Waals surface area contributed by atoms with Crippen molar-refractivity contribution in [3.05, 3.63) is 0 Å². The molecule has 0 aromatic heterocycles. The number of aliphatic hydroxyl groups is 2. The SMILES string of the molecule is NC1O[C@H](CO)[C@@H](O)[C@H]1OP(=O)(O)O. The Morgan fingerprint density at radius 2 is 2.07 bits per heavy atom. The van der Waals surface area contributed by atoms with Crippen LogP contribution >= 0.6 is 7.82 Å². The first-order valence-electron chi connectivity index (χ1n) is 3.79. The van der Waals surface area contributed by atoms with Crippen LogP contribution in [0.25, 0.3) is 0 Å². The van der Waals surface area contributed by atoms with Crippen LogP contribution in [0.15, 0.2) is 0 Å². The van der Waals surface area contributed by atoms with Gasteiger partial charge in [0.2, 0.25) is 0 Å². The fraction of sp³-hybridized carbons (Fsp3) is 1.00. The lowest BCUT2D eigenvalue weighted by molar-refractivity contribution is -0.0200. The molecule has 6 N–H and O–H groups in total. The number of aliphatic hydroxyl groups excluding tert-OH is 2. The summed E-state index contributed by atoms with van der Waals surface area (Å²) in [6.45, 7) is -0.504. The van der Waals surface area contributed by atoms with Crippen molar-refractivity contribution >= 4 is 7.82 Å². The number of hydrogen-bond donors (Lipinski definition) is 5. The number of hydrogen-bond acceptors (Lipinski definition) is 6. The molecule has 1 heterocycles. The van der Waals surface area contributed by atoms with Gasteiger partial charge >= 0.3 is 7.82 Å². The molecule has 1 rings (SSSR count). The second-order valence-electron chi connectivity index (χ2n) is 2.87. The molecule has 8 nitrogen and oxygen atoms in total. The summed E-state index contributed by atoms with van der Waals surface area (Å²) in [5.74, 6) is 0. The highest BCUT2D eigenvalue weighted by atomic mass is 31.2. The van der Waals surface area contributed by atoms with Crippen LogP contribution in [0.2, 0.25) is 0 Å². The summed E-state index contributed by atoms with van der Waals surface area (Å²) in [5, 5.41) is 18.0. The molecular formula is C5H12NO7P. The molecule has 1 saturated heterocycles. The largest absolute Gasteiger partial charge is 0.470 e. The quantitative estimate of drug-likeness (QED) is 0.334. The normalized spacial score (nSPS) is 38.9. The molecule has 84 valence electrons. The molecule has 1 aliphatic rings. The van der Waals surface area contributed by atoms with E-state index in [4.69, 9.17) is 25.4 Å². The Morgan fingerprint density at radius 1 is 1.50 bits per heavy atom. The highest BCUT2D eigenvalue weighted by Crippen LogP contribution is 2.40. The molecule has 0 saturated carbocycles. The van der Waals surface area contributed by atoms with Crippen molar-refractivity contribution in [3.63, 3.8) is 0 Å². The van der Waals surface area contributed by atoms with E-state index in [1.165, 1.54) is 0 Å². The minimum absolute atomic E-state index is 0.504. The molecule has 14 heavy (non-hydrogen) atoms. The van der Waals surface area contributed by atoms with E-state index in [2.05, 4.69) is 4.52 Å². The Kier molecular flexibility index (Phi) is 3.62. The zero-order valence-corrected chi connectivity index (χ0v) is 7.95. The van der Waals surface area contributed by atoms with Gasteiger partial charge in [0.25, 0.3) is 0 Å². The lowest BCUT2D eigenvalue weighted by atomic mass is 10.1. The third-order valence-corrected chi connectivity index (χ3v) is 2.33. The fourth-order valence-electron chi connectivity index (χ4n) is 1.20. The molecule has 1 fully saturated rings. The predicted molar refractivity (Wildman–Crippen MR) is 42.9 cm³/mol. The average Bonchev–Trinajstić information content (AvgIpc) is 2.29. The van der Waals surface area contributed by atoms with Gasteiger partial charge < -0.3 is 30.5 Å². The molecule has 1 aliphatic heterocycles. The Labute approximate surface area is 79.5 Å². The van der Waals surface area contributed by atoms with Crippen molar-refractivity contribution in [1.82, 2.24) is 0 Å². The van der Waals surface area contributed by atoms with Crippen LogP contribution in [0, 0.1) is 0 Å². The summed E-state index contributed by atoms with van der Waals surface area (Å²) in [6.07, 6.45) is -4.85. The minimum atomic E-state index is -4.73. The van der Waals surface area contributed by atoms with E-state index >= 15 is 0 Å². The Hall–Kier alpha value is -0.0500. The molecule has 0 radical (unpaired) electrons. The summed E-state index contributed by atoms with van der Waals surface area (Å²) in [5.41, 5.74) is 5.28. The van der Waals surface area contributed by atoms with Gasteiger partial charge in [0.15, 0.2) is 0 Å². The smallest absolute Gasteiger partial charge is 0.394 e. The second kappa shape index (κ2) is 4.21. The molecule has 4 atom stereocenters. The highest BCUT2D eigenvalue weighted by molar-refractivity contribution is 7.46. The first kappa shape index (κ1) is 12.0. The van der Waals surface area contributed by atoms with Crippen LogP contribution in [-0.4, -0.2) is 51.1 Å². The second-order valence-corrected chi connectivity index (χ2v) is 4.06. The van der Waals surface area contributed by atoms with Crippen LogP contribution < -0.4 is 5.73 Å². The molecule has 0 aromatic carbocycles. The van der Waals surface area contributed by atoms with Crippen LogP contribution in [0.3, 0.4) is 0 Å². The Balaban J connectivity index is 2.65. The summed E-state index contributed by atoms with van der Waals surface area (Å²) < 4.78 is 19.5. The lowest BCUT2D eigenvalue weighted by Gasteiger charge is -2.18. The number of nitrogens with two attached hydrogens (primary N) is 1. The molecule has 0 aromatic rings. The van der Waals surface area contributed by atoms with Crippen LogP contribution in [0.4, 0.5) is 0 Å². The molecule has 0 aliphatic carbocycles. The minimum Gasteiger partial charge on any atom is -0.394 e. The predicted octanol–water partition coefficient (Wildman–Crippen LogP) is -2.50. The number of phosphoric acid groups is 1. The van der Waals surface area contributed by atoms with Gasteiger partial charge in [-0.15, -0.1) is 0 Å². The van der Waals surface area contributed by atoms with E-state index in [9.17, 15) is 9.67 Å². The van der Waals surface area contributed by atoms with Gasteiger partial charge in [-0.05, 0) is 0 Å². The summed E-state index contributed by atoms with van der Waals surface area (Å²) in [7, 11) is -4.73. The van der Waals surface area contributed by atoms with Gasteiger partial charge in [-0.25, -0.2) is 4.57 Å². The summed E-state index contributed by atoms with van der Waals surface area (Å²) in [6, 6.07) is 0. The number of rotatable bonds is 3. The van der Waals surface area contributed by atoms with Gasteiger partial charge in [-0.2, -0.15) is 0 Å². The first-order chi connectivity index (χ1) is 6.35. The third kappa shape index (κ3) is 2.72. The summed E-state index contributed by atoms with van der Waals surface area (Å²) in [4.78, 5) is 17.0. The van der Waals surface area contributed by atoms with Crippen molar-refractivity contribution in [3.8, 4) is 0 Å².